The molecule has 0 aliphatic rings. The van der Waals surface area contributed by atoms with Crippen molar-refractivity contribution in [3.05, 3.63) is 66.1 Å². The van der Waals surface area contributed by atoms with Crippen LogP contribution in [0.15, 0.2) is 54.7 Å². The second-order valence-corrected chi connectivity index (χ2v) is 4.60. The first-order valence-electron chi connectivity index (χ1n) is 6.29. The van der Waals surface area contributed by atoms with Crippen molar-refractivity contribution in [3.63, 3.8) is 0 Å². The molecule has 0 fully saturated rings. The van der Waals surface area contributed by atoms with Crippen molar-refractivity contribution in [2.45, 2.75) is 13.8 Å². The summed E-state index contributed by atoms with van der Waals surface area (Å²) in [5.41, 5.74) is 5.31. The Morgan fingerprint density at radius 1 is 0.947 bits per heavy atom. The highest BCUT2D eigenvalue weighted by Gasteiger charge is 2.05. The van der Waals surface area contributed by atoms with E-state index in [9.17, 15) is 0 Å². The maximum atomic E-state index is 4.51. The van der Waals surface area contributed by atoms with Gasteiger partial charge in [-0.25, -0.2) is 4.68 Å². The fourth-order valence-corrected chi connectivity index (χ4v) is 2.22. The Balaban J connectivity index is 2.08. The van der Waals surface area contributed by atoms with Gasteiger partial charge in [0, 0.05) is 17.5 Å². The summed E-state index contributed by atoms with van der Waals surface area (Å²) in [7, 11) is 0. The van der Waals surface area contributed by atoms with E-state index in [1.54, 1.807) is 0 Å². The van der Waals surface area contributed by atoms with Crippen LogP contribution in [0, 0.1) is 13.8 Å². The molecule has 0 radical (unpaired) electrons. The van der Waals surface area contributed by atoms with E-state index in [2.05, 4.69) is 41.3 Å². The highest BCUT2D eigenvalue weighted by molar-refractivity contribution is 5.62. The van der Waals surface area contributed by atoms with Crippen LogP contribution < -0.4 is 0 Å². The number of hydrogen-bond donors (Lipinski definition) is 0. The predicted octanol–water partition coefficient (Wildman–Crippen LogP) is 3.55. The fourth-order valence-electron chi connectivity index (χ4n) is 2.22. The van der Waals surface area contributed by atoms with E-state index in [1.807, 2.05) is 42.1 Å². The van der Waals surface area contributed by atoms with Crippen LogP contribution in [0.25, 0.3) is 16.9 Å². The molecule has 1 aromatic carbocycles. The number of hydrogen-bond acceptors (Lipinski definition) is 2. The van der Waals surface area contributed by atoms with Crippen LogP contribution in [0.1, 0.15) is 11.4 Å². The second-order valence-electron chi connectivity index (χ2n) is 4.60. The summed E-state index contributed by atoms with van der Waals surface area (Å²) in [6.07, 6.45) is 1.81. The lowest BCUT2D eigenvalue weighted by Crippen LogP contribution is -1.99. The Kier molecular flexibility index (Phi) is 2.88. The summed E-state index contributed by atoms with van der Waals surface area (Å²) in [5, 5.41) is 4.51. The van der Waals surface area contributed by atoms with E-state index in [1.165, 1.54) is 0 Å². The molecule has 19 heavy (non-hydrogen) atoms. The molecule has 0 N–H and O–H groups in total. The summed E-state index contributed by atoms with van der Waals surface area (Å²) in [5.74, 6) is 0. The van der Waals surface area contributed by atoms with E-state index in [0.717, 1.165) is 28.3 Å². The van der Waals surface area contributed by atoms with Crippen molar-refractivity contribution >= 4 is 0 Å². The molecule has 3 heteroatoms. The van der Waals surface area contributed by atoms with Gasteiger partial charge in [0.2, 0.25) is 0 Å². The van der Waals surface area contributed by atoms with Crippen LogP contribution in [-0.4, -0.2) is 14.8 Å². The smallest absolute Gasteiger partial charge is 0.0702 e. The highest BCUT2D eigenvalue weighted by atomic mass is 15.3. The molecule has 0 unspecified atom stereocenters. The van der Waals surface area contributed by atoms with Gasteiger partial charge in [0.1, 0.15) is 0 Å². The third kappa shape index (κ3) is 2.27. The summed E-state index contributed by atoms with van der Waals surface area (Å²) in [4.78, 5) is 4.38. The van der Waals surface area contributed by atoms with Crippen molar-refractivity contribution < 1.29 is 0 Å². The molecule has 0 saturated carbocycles. The SMILES string of the molecule is Cc1cc(C)n(-c2cccc(-c3ccccn3)c2)n1. The molecule has 0 aliphatic carbocycles. The zero-order valence-corrected chi connectivity index (χ0v) is 11.0. The normalized spacial score (nSPS) is 10.6. The Labute approximate surface area is 112 Å². The number of benzene rings is 1. The molecule has 2 aromatic heterocycles. The lowest BCUT2D eigenvalue weighted by atomic mass is 10.1. The van der Waals surface area contributed by atoms with Crippen LogP contribution in [0.2, 0.25) is 0 Å². The number of pyridine rings is 1. The molecule has 0 spiro atoms. The van der Waals surface area contributed by atoms with Crippen LogP contribution >= 0.6 is 0 Å². The minimum Gasteiger partial charge on any atom is -0.256 e. The van der Waals surface area contributed by atoms with Gasteiger partial charge in [-0.15, -0.1) is 0 Å². The average molecular weight is 249 g/mol. The Bertz CT molecular complexity index is 699. The average Bonchev–Trinajstić information content (AvgIpc) is 2.79. The van der Waals surface area contributed by atoms with Crippen molar-refractivity contribution in [2.75, 3.05) is 0 Å². The number of aryl methyl sites for hydroxylation is 2. The van der Waals surface area contributed by atoms with Crippen molar-refractivity contribution in [1.82, 2.24) is 14.8 Å². The quantitative estimate of drug-likeness (QED) is 0.695. The van der Waals surface area contributed by atoms with Crippen LogP contribution in [-0.2, 0) is 0 Å². The number of rotatable bonds is 2. The monoisotopic (exact) mass is 249 g/mol. The molecule has 0 amide bonds. The molecule has 3 nitrogen and oxygen atoms in total. The van der Waals surface area contributed by atoms with Crippen molar-refractivity contribution in [1.29, 1.82) is 0 Å². The van der Waals surface area contributed by atoms with E-state index >= 15 is 0 Å². The van der Waals surface area contributed by atoms with Gasteiger partial charge in [0.25, 0.3) is 0 Å². The highest BCUT2D eigenvalue weighted by Crippen LogP contribution is 2.20. The molecule has 0 bridgehead atoms. The molecule has 2 heterocycles. The fraction of sp³-hybridized carbons (Fsp3) is 0.125. The van der Waals surface area contributed by atoms with Gasteiger partial charge in [-0.2, -0.15) is 5.10 Å². The first-order valence-corrected chi connectivity index (χ1v) is 6.29. The Hall–Kier alpha value is -2.42. The predicted molar refractivity (Wildman–Crippen MR) is 76.3 cm³/mol. The third-order valence-corrected chi connectivity index (χ3v) is 3.06. The zero-order valence-electron chi connectivity index (χ0n) is 11.0. The van der Waals surface area contributed by atoms with Gasteiger partial charge in [-0.05, 0) is 44.2 Å². The first-order chi connectivity index (χ1) is 9.24. The Morgan fingerprint density at radius 2 is 1.84 bits per heavy atom. The van der Waals surface area contributed by atoms with Crippen molar-refractivity contribution in [2.24, 2.45) is 0 Å². The Morgan fingerprint density at radius 3 is 2.53 bits per heavy atom. The summed E-state index contributed by atoms with van der Waals surface area (Å²) < 4.78 is 1.96. The van der Waals surface area contributed by atoms with Gasteiger partial charge < -0.3 is 0 Å². The van der Waals surface area contributed by atoms with Gasteiger partial charge in [-0.1, -0.05) is 18.2 Å². The number of aromatic nitrogens is 3. The largest absolute Gasteiger partial charge is 0.256 e. The number of nitrogens with zero attached hydrogens (tertiary/aromatic N) is 3. The lowest BCUT2D eigenvalue weighted by Gasteiger charge is -2.07. The molecule has 94 valence electrons. The molecule has 0 aliphatic heterocycles. The van der Waals surface area contributed by atoms with Crippen molar-refractivity contribution in [3.8, 4) is 16.9 Å². The minimum absolute atomic E-state index is 0.978. The van der Waals surface area contributed by atoms with E-state index in [0.29, 0.717) is 0 Å². The summed E-state index contributed by atoms with van der Waals surface area (Å²) >= 11 is 0. The lowest BCUT2D eigenvalue weighted by molar-refractivity contribution is 0.834. The minimum atomic E-state index is 0.978. The van der Waals surface area contributed by atoms with E-state index < -0.39 is 0 Å². The van der Waals surface area contributed by atoms with Crippen LogP contribution in [0.4, 0.5) is 0 Å². The van der Waals surface area contributed by atoms with E-state index in [-0.39, 0.29) is 0 Å². The summed E-state index contributed by atoms with van der Waals surface area (Å²) in [6.45, 7) is 4.07. The maximum absolute atomic E-state index is 4.51. The zero-order chi connectivity index (χ0) is 13.2. The molecule has 0 atom stereocenters. The molecular weight excluding hydrogens is 234 g/mol. The molecule has 3 aromatic rings. The first kappa shape index (κ1) is 11.7. The maximum Gasteiger partial charge on any atom is 0.0702 e. The van der Waals surface area contributed by atoms with Gasteiger partial charge in [-0.3, -0.25) is 4.98 Å². The summed E-state index contributed by atoms with van der Waals surface area (Å²) in [6, 6.07) is 16.3. The second kappa shape index (κ2) is 4.69. The van der Waals surface area contributed by atoms with E-state index in [4.69, 9.17) is 0 Å². The van der Waals surface area contributed by atoms with Crippen LogP contribution in [0.3, 0.4) is 0 Å². The molecule has 3 rings (SSSR count). The van der Waals surface area contributed by atoms with Gasteiger partial charge in [0.05, 0.1) is 17.1 Å². The topological polar surface area (TPSA) is 30.7 Å². The molecule has 0 saturated heterocycles. The van der Waals surface area contributed by atoms with Gasteiger partial charge >= 0.3 is 0 Å². The van der Waals surface area contributed by atoms with Gasteiger partial charge in [0.15, 0.2) is 0 Å². The standard InChI is InChI=1S/C16H15N3/c1-12-10-13(2)19(18-12)15-7-5-6-14(11-15)16-8-3-4-9-17-16/h3-11H,1-2H3. The molecular formula is C16H15N3. The van der Waals surface area contributed by atoms with Crippen LogP contribution in [0.5, 0.6) is 0 Å². The third-order valence-electron chi connectivity index (χ3n) is 3.06.